The molecule has 0 aliphatic rings. The summed E-state index contributed by atoms with van der Waals surface area (Å²) in [6.07, 6.45) is 1.84. The van der Waals surface area contributed by atoms with Gasteiger partial charge >= 0.3 is 0 Å². The van der Waals surface area contributed by atoms with E-state index in [0.717, 1.165) is 16.5 Å². The van der Waals surface area contributed by atoms with Crippen LogP contribution in [-0.4, -0.2) is 15.0 Å². The van der Waals surface area contributed by atoms with Crippen LogP contribution in [0.5, 0.6) is 5.75 Å². The predicted molar refractivity (Wildman–Crippen MR) is 94.4 cm³/mol. The molecule has 0 atom stereocenters. The van der Waals surface area contributed by atoms with Gasteiger partial charge in [-0.3, -0.25) is 4.98 Å². The van der Waals surface area contributed by atoms with Crippen molar-refractivity contribution in [1.82, 2.24) is 15.0 Å². The Hall–Kier alpha value is -3.41. The Bertz CT molecular complexity index is 1050. The van der Waals surface area contributed by atoms with Crippen LogP contribution in [0.4, 0.5) is 11.8 Å². The lowest BCUT2D eigenvalue weighted by Gasteiger charge is -2.10. The average Bonchev–Trinajstić information content (AvgIpc) is 2.59. The summed E-state index contributed by atoms with van der Waals surface area (Å²) < 4.78 is 5.91. The molecule has 6 heteroatoms. The van der Waals surface area contributed by atoms with Gasteiger partial charge in [-0.2, -0.15) is 4.98 Å². The normalized spacial score (nSPS) is 11.0. The van der Waals surface area contributed by atoms with Crippen LogP contribution in [0.1, 0.15) is 5.69 Å². The number of rotatable bonds is 3. The quantitative estimate of drug-likeness (QED) is 0.602. The molecule has 0 spiro atoms. The molecule has 24 heavy (non-hydrogen) atoms. The Morgan fingerprint density at radius 3 is 2.62 bits per heavy atom. The fraction of sp³-hybridized carbons (Fsp3) is 0.0556. The molecule has 0 fully saturated rings. The Balaban J connectivity index is 1.66. The first-order valence-corrected chi connectivity index (χ1v) is 7.49. The molecule has 0 radical (unpaired) electrons. The lowest BCUT2D eigenvalue weighted by molar-refractivity contribution is 0.305. The summed E-state index contributed by atoms with van der Waals surface area (Å²) in [4.78, 5) is 12.6. The van der Waals surface area contributed by atoms with Crippen molar-refractivity contribution in [1.29, 1.82) is 0 Å². The van der Waals surface area contributed by atoms with Crippen molar-refractivity contribution in [3.05, 3.63) is 60.4 Å². The smallest absolute Gasteiger partial charge is 0.222 e. The van der Waals surface area contributed by atoms with Crippen LogP contribution in [0.2, 0.25) is 0 Å². The molecule has 0 saturated heterocycles. The zero-order valence-corrected chi connectivity index (χ0v) is 12.8. The van der Waals surface area contributed by atoms with Crippen LogP contribution in [0.25, 0.3) is 21.7 Å². The minimum Gasteiger partial charge on any atom is -0.486 e. The fourth-order valence-electron chi connectivity index (χ4n) is 2.68. The van der Waals surface area contributed by atoms with E-state index in [9.17, 15) is 0 Å². The van der Waals surface area contributed by atoms with Gasteiger partial charge in [-0.15, -0.1) is 0 Å². The van der Waals surface area contributed by atoms with Gasteiger partial charge in [0.1, 0.15) is 18.2 Å². The fourth-order valence-corrected chi connectivity index (χ4v) is 2.68. The number of nitrogens with zero attached hydrogens (tertiary/aromatic N) is 3. The summed E-state index contributed by atoms with van der Waals surface area (Å²) >= 11 is 0. The van der Waals surface area contributed by atoms with E-state index >= 15 is 0 Å². The first-order chi connectivity index (χ1) is 11.7. The molecule has 0 saturated carbocycles. The molecule has 0 bridgehead atoms. The lowest BCUT2D eigenvalue weighted by atomic mass is 10.1. The summed E-state index contributed by atoms with van der Waals surface area (Å²) in [5.41, 5.74) is 13.1. The topological polar surface area (TPSA) is 99.9 Å². The molecule has 4 aromatic rings. The maximum atomic E-state index is 5.97. The van der Waals surface area contributed by atoms with Gasteiger partial charge in [0, 0.05) is 11.6 Å². The average molecular weight is 317 g/mol. The van der Waals surface area contributed by atoms with Gasteiger partial charge in [-0.25, -0.2) is 4.98 Å². The molecule has 2 aromatic heterocycles. The second kappa shape index (κ2) is 5.66. The van der Waals surface area contributed by atoms with Crippen LogP contribution >= 0.6 is 0 Å². The van der Waals surface area contributed by atoms with E-state index in [-0.39, 0.29) is 5.95 Å². The number of nitrogen functional groups attached to an aromatic ring is 2. The largest absolute Gasteiger partial charge is 0.486 e. The number of fused-ring (bicyclic) bond motifs is 2. The molecule has 0 aliphatic heterocycles. The van der Waals surface area contributed by atoms with Gasteiger partial charge in [0.15, 0.2) is 0 Å². The van der Waals surface area contributed by atoms with E-state index in [1.54, 1.807) is 0 Å². The Morgan fingerprint density at radius 2 is 1.75 bits per heavy atom. The second-order valence-corrected chi connectivity index (χ2v) is 5.43. The minimum atomic E-state index is 0.147. The van der Waals surface area contributed by atoms with Crippen LogP contribution in [0.15, 0.2) is 54.7 Å². The summed E-state index contributed by atoms with van der Waals surface area (Å²) in [7, 11) is 0. The third-order valence-electron chi connectivity index (χ3n) is 3.79. The van der Waals surface area contributed by atoms with E-state index in [1.807, 2.05) is 54.7 Å². The summed E-state index contributed by atoms with van der Waals surface area (Å²) in [6.45, 7) is 0.327. The molecule has 4 rings (SSSR count). The first-order valence-electron chi connectivity index (χ1n) is 7.49. The highest BCUT2D eigenvalue weighted by Gasteiger charge is 2.10. The van der Waals surface area contributed by atoms with E-state index in [0.29, 0.717) is 29.1 Å². The number of ether oxygens (including phenoxy) is 1. The summed E-state index contributed by atoms with van der Waals surface area (Å²) in [6, 6.07) is 15.6. The van der Waals surface area contributed by atoms with E-state index in [1.165, 1.54) is 0 Å². The van der Waals surface area contributed by atoms with Crippen LogP contribution in [0, 0.1) is 0 Å². The van der Waals surface area contributed by atoms with Gasteiger partial charge in [0.2, 0.25) is 5.95 Å². The third kappa shape index (κ3) is 2.54. The van der Waals surface area contributed by atoms with Crippen molar-refractivity contribution in [2.24, 2.45) is 0 Å². The number of anilines is 2. The minimum absolute atomic E-state index is 0.147. The zero-order chi connectivity index (χ0) is 16.5. The molecular formula is C18H15N5O. The maximum Gasteiger partial charge on any atom is 0.222 e. The zero-order valence-electron chi connectivity index (χ0n) is 12.8. The lowest BCUT2D eigenvalue weighted by Crippen LogP contribution is -2.03. The van der Waals surface area contributed by atoms with Crippen LogP contribution in [-0.2, 0) is 6.61 Å². The van der Waals surface area contributed by atoms with Gasteiger partial charge in [-0.05, 0) is 23.6 Å². The summed E-state index contributed by atoms with van der Waals surface area (Å²) in [5, 5.41) is 2.88. The Kier molecular flexibility index (Phi) is 3.35. The molecule has 118 valence electrons. The highest BCUT2D eigenvalue weighted by atomic mass is 16.5. The molecule has 0 amide bonds. The van der Waals surface area contributed by atoms with Crippen LogP contribution in [0.3, 0.4) is 0 Å². The van der Waals surface area contributed by atoms with E-state index in [4.69, 9.17) is 16.2 Å². The summed E-state index contributed by atoms with van der Waals surface area (Å²) in [5.74, 6) is 1.06. The molecule has 2 heterocycles. The van der Waals surface area contributed by atoms with Gasteiger partial charge in [-0.1, -0.05) is 30.3 Å². The Morgan fingerprint density at radius 1 is 0.917 bits per heavy atom. The molecule has 4 N–H and O–H groups in total. The number of benzene rings is 2. The molecule has 6 nitrogen and oxygen atoms in total. The highest BCUT2D eigenvalue weighted by molar-refractivity contribution is 5.94. The number of nitrogens with two attached hydrogens (primary N) is 2. The van der Waals surface area contributed by atoms with Crippen LogP contribution < -0.4 is 16.2 Å². The van der Waals surface area contributed by atoms with Crippen molar-refractivity contribution < 1.29 is 4.74 Å². The highest BCUT2D eigenvalue weighted by Crippen LogP contribution is 2.29. The van der Waals surface area contributed by atoms with Crippen molar-refractivity contribution in [2.75, 3.05) is 11.5 Å². The van der Waals surface area contributed by atoms with Gasteiger partial charge in [0.25, 0.3) is 0 Å². The van der Waals surface area contributed by atoms with E-state index < -0.39 is 0 Å². The Labute approximate surface area is 138 Å². The molecule has 2 aromatic carbocycles. The predicted octanol–water partition coefficient (Wildman–Crippen LogP) is 2.92. The molecule has 0 unspecified atom stereocenters. The van der Waals surface area contributed by atoms with Crippen molar-refractivity contribution in [2.45, 2.75) is 6.61 Å². The number of hydrogen-bond acceptors (Lipinski definition) is 6. The monoisotopic (exact) mass is 317 g/mol. The standard InChI is InChI=1S/C18H15N5O/c19-17-16-14(22-18(20)23-17)6-3-7-15(16)24-10-13-8-11-4-1-2-5-12(11)9-21-13/h1-9H,10H2,(H4,19,20,22,23). The van der Waals surface area contributed by atoms with E-state index in [2.05, 4.69) is 15.0 Å². The van der Waals surface area contributed by atoms with Crippen molar-refractivity contribution in [3.63, 3.8) is 0 Å². The SMILES string of the molecule is Nc1nc(N)c2c(OCc3cc4ccccc4cn3)cccc2n1. The second-order valence-electron chi connectivity index (χ2n) is 5.43. The number of hydrogen-bond donors (Lipinski definition) is 2. The number of pyridine rings is 1. The van der Waals surface area contributed by atoms with Gasteiger partial charge < -0.3 is 16.2 Å². The van der Waals surface area contributed by atoms with Gasteiger partial charge in [0.05, 0.1) is 16.6 Å². The maximum absolute atomic E-state index is 5.97. The van der Waals surface area contributed by atoms with Crippen molar-refractivity contribution in [3.8, 4) is 5.75 Å². The number of aromatic nitrogens is 3. The third-order valence-corrected chi connectivity index (χ3v) is 3.79. The van der Waals surface area contributed by atoms with Crippen molar-refractivity contribution >= 4 is 33.4 Å². The first kappa shape index (κ1) is 14.2. The molecular weight excluding hydrogens is 302 g/mol. The molecule has 0 aliphatic carbocycles.